The average molecular weight is 348 g/mol. The first kappa shape index (κ1) is 16.7. The molecule has 0 radical (unpaired) electrons. The molecule has 4 nitrogen and oxygen atoms in total. The van der Waals surface area contributed by atoms with Gasteiger partial charge in [0.05, 0.1) is 6.10 Å². The SMILES string of the molecule is C[C@]12CCCCC1CC[C@@H]1[C@@H]2[C@@H]2C[C@]3(C(O)O2)[C@@H](C(=O)CO)CC[C@@H]13. The normalized spacial score (nSPS) is 56.8. The predicted molar refractivity (Wildman–Crippen MR) is 92.5 cm³/mol. The lowest BCUT2D eigenvalue weighted by Crippen LogP contribution is -2.57. The Balaban J connectivity index is 1.55. The van der Waals surface area contributed by atoms with E-state index < -0.39 is 18.3 Å². The molecule has 0 aromatic heterocycles. The van der Waals surface area contributed by atoms with Crippen molar-refractivity contribution in [3.05, 3.63) is 0 Å². The van der Waals surface area contributed by atoms with Gasteiger partial charge in [0, 0.05) is 11.3 Å². The van der Waals surface area contributed by atoms with Crippen LogP contribution in [0.25, 0.3) is 0 Å². The minimum atomic E-state index is -0.818. The van der Waals surface area contributed by atoms with Gasteiger partial charge in [-0.15, -0.1) is 0 Å². The van der Waals surface area contributed by atoms with Crippen LogP contribution in [0.3, 0.4) is 0 Å². The summed E-state index contributed by atoms with van der Waals surface area (Å²) in [6.45, 7) is 2.10. The van der Waals surface area contributed by atoms with Crippen molar-refractivity contribution < 1.29 is 19.7 Å². The summed E-state index contributed by atoms with van der Waals surface area (Å²) in [7, 11) is 0. The van der Waals surface area contributed by atoms with Gasteiger partial charge < -0.3 is 14.9 Å². The molecule has 1 heterocycles. The lowest BCUT2D eigenvalue weighted by atomic mass is 9.44. The van der Waals surface area contributed by atoms with Crippen molar-refractivity contribution in [3.8, 4) is 0 Å². The molecule has 140 valence electrons. The van der Waals surface area contributed by atoms with E-state index in [2.05, 4.69) is 6.92 Å². The molecule has 4 saturated carbocycles. The Bertz CT molecular complexity index is 576. The van der Waals surface area contributed by atoms with Gasteiger partial charge in [-0.2, -0.15) is 0 Å². The van der Waals surface area contributed by atoms with Gasteiger partial charge in [-0.05, 0) is 74.0 Å². The van der Waals surface area contributed by atoms with E-state index in [1.54, 1.807) is 0 Å². The largest absolute Gasteiger partial charge is 0.389 e. The van der Waals surface area contributed by atoms with Crippen LogP contribution >= 0.6 is 0 Å². The zero-order valence-electron chi connectivity index (χ0n) is 15.3. The second-order valence-electron chi connectivity index (χ2n) is 9.92. The van der Waals surface area contributed by atoms with Crippen molar-refractivity contribution in [2.75, 3.05) is 6.61 Å². The van der Waals surface area contributed by atoms with Gasteiger partial charge in [0.2, 0.25) is 0 Å². The van der Waals surface area contributed by atoms with Crippen LogP contribution in [0.2, 0.25) is 0 Å². The van der Waals surface area contributed by atoms with E-state index in [0.717, 1.165) is 25.2 Å². The van der Waals surface area contributed by atoms with Crippen LogP contribution < -0.4 is 0 Å². The van der Waals surface area contributed by atoms with Crippen LogP contribution in [0.15, 0.2) is 0 Å². The van der Waals surface area contributed by atoms with Crippen LogP contribution in [0.1, 0.15) is 64.7 Å². The highest BCUT2D eigenvalue weighted by Crippen LogP contribution is 2.71. The third kappa shape index (κ3) is 1.97. The average Bonchev–Trinajstić information content (AvgIpc) is 3.13. The van der Waals surface area contributed by atoms with Crippen LogP contribution in [0.4, 0.5) is 0 Å². The van der Waals surface area contributed by atoms with Crippen molar-refractivity contribution >= 4 is 5.78 Å². The van der Waals surface area contributed by atoms with E-state index >= 15 is 0 Å². The summed E-state index contributed by atoms with van der Waals surface area (Å²) in [4.78, 5) is 12.4. The Morgan fingerprint density at radius 3 is 2.80 bits per heavy atom. The van der Waals surface area contributed by atoms with Gasteiger partial charge in [-0.25, -0.2) is 0 Å². The van der Waals surface area contributed by atoms with E-state index in [9.17, 15) is 15.0 Å². The summed E-state index contributed by atoms with van der Waals surface area (Å²) in [5, 5.41) is 20.4. The Morgan fingerprint density at radius 1 is 1.16 bits per heavy atom. The molecule has 2 unspecified atom stereocenters. The summed E-state index contributed by atoms with van der Waals surface area (Å²) in [5.74, 6) is 2.05. The van der Waals surface area contributed by atoms with Crippen molar-refractivity contribution in [2.24, 2.45) is 40.4 Å². The van der Waals surface area contributed by atoms with Crippen molar-refractivity contribution in [2.45, 2.75) is 77.1 Å². The van der Waals surface area contributed by atoms with Crippen molar-refractivity contribution in [1.82, 2.24) is 0 Å². The number of hydrogen-bond acceptors (Lipinski definition) is 4. The number of carbonyl (C=O) groups is 1. The molecule has 5 fully saturated rings. The summed E-state index contributed by atoms with van der Waals surface area (Å²) in [6.07, 6.45) is 9.86. The number of aliphatic hydroxyl groups is 2. The zero-order chi connectivity index (χ0) is 17.4. The van der Waals surface area contributed by atoms with Crippen LogP contribution in [-0.2, 0) is 9.53 Å². The first-order valence-electron chi connectivity index (χ1n) is 10.5. The van der Waals surface area contributed by atoms with E-state index in [1.807, 2.05) is 0 Å². The maximum absolute atomic E-state index is 12.4. The Morgan fingerprint density at radius 2 is 2.00 bits per heavy atom. The van der Waals surface area contributed by atoms with Gasteiger partial charge in [-0.3, -0.25) is 4.79 Å². The topological polar surface area (TPSA) is 66.8 Å². The second kappa shape index (κ2) is 5.53. The van der Waals surface area contributed by atoms with Crippen LogP contribution in [-0.4, -0.2) is 35.0 Å². The molecule has 4 aliphatic carbocycles. The molecular formula is C21H32O4. The Hall–Kier alpha value is -0.450. The number of carbonyl (C=O) groups excluding carboxylic acids is 1. The molecule has 2 bridgehead atoms. The van der Waals surface area contributed by atoms with Gasteiger partial charge in [0.1, 0.15) is 6.61 Å². The molecule has 1 spiro atoms. The highest BCUT2D eigenvalue weighted by molar-refractivity contribution is 5.83. The molecule has 4 heteroatoms. The Kier molecular flexibility index (Phi) is 3.69. The summed E-state index contributed by atoms with van der Waals surface area (Å²) in [5.41, 5.74) is -0.0648. The molecule has 5 aliphatic rings. The molecule has 25 heavy (non-hydrogen) atoms. The van der Waals surface area contributed by atoms with Gasteiger partial charge >= 0.3 is 0 Å². The van der Waals surface area contributed by atoms with Crippen LogP contribution in [0, 0.1) is 40.4 Å². The zero-order valence-corrected chi connectivity index (χ0v) is 15.3. The number of Topliss-reactive ketones (excluding diaryl/α,β-unsaturated/α-hetero) is 1. The standard InChI is InChI=1S/C21H32O4/c1-20-9-3-2-4-12(20)5-6-13-14-7-8-15(16(23)11-22)21(14)10-17(18(13)20)25-19(21)24/h12-15,17-19,22,24H,2-11H2,1H3/t12?,13-,14-,15+,17-,18+,19?,20-,21+/m0/s1. The van der Waals surface area contributed by atoms with E-state index in [1.165, 1.54) is 38.5 Å². The quantitative estimate of drug-likeness (QED) is 0.805. The van der Waals surface area contributed by atoms with Crippen molar-refractivity contribution in [1.29, 1.82) is 0 Å². The van der Waals surface area contributed by atoms with E-state index in [-0.39, 0.29) is 17.8 Å². The molecule has 1 saturated heterocycles. The Labute approximate surface area is 150 Å². The van der Waals surface area contributed by atoms with Gasteiger partial charge in [0.25, 0.3) is 0 Å². The number of ketones is 1. The molecule has 5 rings (SSSR count). The van der Waals surface area contributed by atoms with Crippen LogP contribution in [0.5, 0.6) is 0 Å². The third-order valence-corrected chi connectivity index (χ3v) is 9.41. The number of aliphatic hydroxyl groups excluding tert-OH is 2. The third-order valence-electron chi connectivity index (χ3n) is 9.41. The highest BCUT2D eigenvalue weighted by Gasteiger charge is 2.71. The number of fused-ring (bicyclic) bond motifs is 6. The molecular weight excluding hydrogens is 316 g/mol. The number of hydrogen-bond donors (Lipinski definition) is 2. The van der Waals surface area contributed by atoms with Crippen molar-refractivity contribution in [3.63, 3.8) is 0 Å². The fourth-order valence-electron chi connectivity index (χ4n) is 8.53. The van der Waals surface area contributed by atoms with Gasteiger partial charge in [-0.1, -0.05) is 19.8 Å². The smallest absolute Gasteiger partial charge is 0.162 e. The minimum absolute atomic E-state index is 0.0817. The first-order chi connectivity index (χ1) is 12.0. The fraction of sp³-hybridized carbons (Fsp3) is 0.952. The molecule has 9 atom stereocenters. The lowest BCUT2D eigenvalue weighted by molar-refractivity contribution is -0.161. The fourth-order valence-corrected chi connectivity index (χ4v) is 8.53. The monoisotopic (exact) mass is 348 g/mol. The van der Waals surface area contributed by atoms with E-state index in [0.29, 0.717) is 23.2 Å². The van der Waals surface area contributed by atoms with E-state index in [4.69, 9.17) is 4.74 Å². The minimum Gasteiger partial charge on any atom is -0.389 e. The molecule has 2 N–H and O–H groups in total. The molecule has 0 amide bonds. The second-order valence-corrected chi connectivity index (χ2v) is 9.92. The summed E-state index contributed by atoms with van der Waals surface area (Å²) >= 11 is 0. The number of rotatable bonds is 2. The maximum atomic E-state index is 12.4. The molecule has 0 aromatic rings. The number of ether oxygens (including phenoxy) is 1. The maximum Gasteiger partial charge on any atom is 0.162 e. The predicted octanol–water partition coefficient (Wildman–Crippen LogP) is 2.90. The summed E-state index contributed by atoms with van der Waals surface area (Å²) in [6, 6.07) is 0. The van der Waals surface area contributed by atoms with Gasteiger partial charge in [0.15, 0.2) is 12.1 Å². The lowest BCUT2D eigenvalue weighted by Gasteiger charge is -2.59. The molecule has 0 aromatic carbocycles. The summed E-state index contributed by atoms with van der Waals surface area (Å²) < 4.78 is 6.22. The molecule has 1 aliphatic heterocycles. The first-order valence-corrected chi connectivity index (χ1v) is 10.5. The highest BCUT2D eigenvalue weighted by atomic mass is 16.6.